The minimum Gasteiger partial charge on any atom is -0.397 e. The molecular weight excluding hydrogens is 224 g/mol. The van der Waals surface area contributed by atoms with Gasteiger partial charge in [-0.15, -0.1) is 0 Å². The van der Waals surface area contributed by atoms with Gasteiger partial charge in [0.1, 0.15) is 0 Å². The lowest BCUT2D eigenvalue weighted by Gasteiger charge is -2.15. The van der Waals surface area contributed by atoms with Gasteiger partial charge < -0.3 is 16.0 Å². The maximum absolute atomic E-state index is 8.84. The average Bonchev–Trinajstić information content (AvgIpc) is 2.89. The Bertz CT molecular complexity index is 430. The third kappa shape index (κ3) is 3.38. The Morgan fingerprint density at radius 2 is 2.11 bits per heavy atom. The number of nitrogens with zero attached hydrogens (tertiary/aromatic N) is 2. The molecule has 1 aromatic rings. The van der Waals surface area contributed by atoms with Crippen molar-refractivity contribution < 1.29 is 0 Å². The molecule has 1 aliphatic heterocycles. The molecule has 1 heterocycles. The average molecular weight is 244 g/mol. The number of hydrogen-bond acceptors (Lipinski definition) is 4. The summed E-state index contributed by atoms with van der Waals surface area (Å²) in [4.78, 5) is 2.50. The number of benzene rings is 1. The molecule has 0 aromatic heterocycles. The Morgan fingerprint density at radius 1 is 1.33 bits per heavy atom. The van der Waals surface area contributed by atoms with Crippen molar-refractivity contribution in [3.8, 4) is 6.07 Å². The molecule has 0 bridgehead atoms. The molecule has 1 fully saturated rings. The number of nitrogens with two attached hydrogens (primary N) is 1. The summed E-state index contributed by atoms with van der Waals surface area (Å²) in [6.07, 6.45) is 3.78. The van der Waals surface area contributed by atoms with Crippen molar-refractivity contribution in [2.45, 2.75) is 19.3 Å². The van der Waals surface area contributed by atoms with Gasteiger partial charge in [-0.25, -0.2) is 0 Å². The minimum atomic E-state index is 0.645. The summed E-state index contributed by atoms with van der Waals surface area (Å²) in [5.74, 6) is 0. The molecule has 96 valence electrons. The van der Waals surface area contributed by atoms with Crippen LogP contribution in [-0.2, 0) is 0 Å². The number of nitrogens with one attached hydrogen (secondary N) is 1. The fraction of sp³-hybridized carbons (Fsp3) is 0.500. The second-order valence-corrected chi connectivity index (χ2v) is 4.74. The Balaban J connectivity index is 1.77. The summed E-state index contributed by atoms with van der Waals surface area (Å²) < 4.78 is 0. The third-order valence-electron chi connectivity index (χ3n) is 3.35. The molecule has 1 aromatic carbocycles. The largest absolute Gasteiger partial charge is 0.397 e. The van der Waals surface area contributed by atoms with E-state index in [4.69, 9.17) is 11.0 Å². The number of rotatable bonds is 5. The highest BCUT2D eigenvalue weighted by Crippen LogP contribution is 2.19. The quantitative estimate of drug-likeness (QED) is 0.614. The highest BCUT2D eigenvalue weighted by atomic mass is 15.1. The standard InChI is InChI=1S/C14H20N4/c15-11-12-4-5-13(16)14(10-12)17-6-3-9-18-7-1-2-8-18/h4-5,10,17H,1-3,6-9,16H2. The van der Waals surface area contributed by atoms with Crippen molar-refractivity contribution in [3.63, 3.8) is 0 Å². The van der Waals surface area contributed by atoms with Gasteiger partial charge in [0.2, 0.25) is 0 Å². The zero-order valence-corrected chi connectivity index (χ0v) is 10.7. The number of likely N-dealkylation sites (tertiary alicyclic amines) is 1. The van der Waals surface area contributed by atoms with Crippen LogP contribution in [0, 0.1) is 11.3 Å². The Kier molecular flexibility index (Phi) is 4.43. The van der Waals surface area contributed by atoms with Gasteiger partial charge in [-0.05, 0) is 57.1 Å². The van der Waals surface area contributed by atoms with Gasteiger partial charge in [-0.1, -0.05) is 0 Å². The monoisotopic (exact) mass is 244 g/mol. The summed E-state index contributed by atoms with van der Waals surface area (Å²) in [5, 5.41) is 12.2. The van der Waals surface area contributed by atoms with Gasteiger partial charge in [0.05, 0.1) is 23.0 Å². The van der Waals surface area contributed by atoms with Crippen LogP contribution in [0.25, 0.3) is 0 Å². The van der Waals surface area contributed by atoms with Crippen molar-refractivity contribution in [3.05, 3.63) is 23.8 Å². The Hall–Kier alpha value is -1.73. The lowest BCUT2D eigenvalue weighted by Crippen LogP contribution is -2.22. The van der Waals surface area contributed by atoms with Crippen LogP contribution in [0.15, 0.2) is 18.2 Å². The SMILES string of the molecule is N#Cc1ccc(N)c(NCCCN2CCCC2)c1. The van der Waals surface area contributed by atoms with Crippen LogP contribution in [0.1, 0.15) is 24.8 Å². The van der Waals surface area contributed by atoms with Gasteiger partial charge in [-0.3, -0.25) is 0 Å². The van der Waals surface area contributed by atoms with E-state index in [0.29, 0.717) is 11.3 Å². The lowest BCUT2D eigenvalue weighted by molar-refractivity contribution is 0.337. The normalized spacial score (nSPS) is 15.5. The smallest absolute Gasteiger partial charge is 0.0992 e. The van der Waals surface area contributed by atoms with E-state index < -0.39 is 0 Å². The molecule has 4 nitrogen and oxygen atoms in total. The molecule has 0 amide bonds. The lowest BCUT2D eigenvalue weighted by atomic mass is 10.2. The maximum atomic E-state index is 8.84. The summed E-state index contributed by atoms with van der Waals surface area (Å²) in [6.45, 7) is 4.53. The highest BCUT2D eigenvalue weighted by Gasteiger charge is 2.10. The number of nitrogen functional groups attached to an aromatic ring is 1. The first kappa shape index (κ1) is 12.7. The first-order valence-electron chi connectivity index (χ1n) is 6.55. The molecule has 0 atom stereocenters. The fourth-order valence-electron chi connectivity index (χ4n) is 2.31. The van der Waals surface area contributed by atoms with Crippen molar-refractivity contribution in [2.75, 3.05) is 37.2 Å². The van der Waals surface area contributed by atoms with Gasteiger partial charge in [0, 0.05) is 6.54 Å². The molecule has 0 spiro atoms. The topological polar surface area (TPSA) is 65.1 Å². The van der Waals surface area contributed by atoms with Crippen LogP contribution < -0.4 is 11.1 Å². The van der Waals surface area contributed by atoms with Crippen LogP contribution in [0.4, 0.5) is 11.4 Å². The second kappa shape index (κ2) is 6.27. The second-order valence-electron chi connectivity index (χ2n) is 4.74. The van der Waals surface area contributed by atoms with Crippen molar-refractivity contribution in [1.29, 1.82) is 5.26 Å². The molecule has 2 rings (SSSR count). The van der Waals surface area contributed by atoms with E-state index in [0.717, 1.165) is 25.2 Å². The first-order chi connectivity index (χ1) is 8.79. The van der Waals surface area contributed by atoms with Crippen LogP contribution in [-0.4, -0.2) is 31.1 Å². The summed E-state index contributed by atoms with van der Waals surface area (Å²) in [5.41, 5.74) is 8.09. The number of anilines is 2. The van der Waals surface area contributed by atoms with Crippen LogP contribution in [0.5, 0.6) is 0 Å². The van der Waals surface area contributed by atoms with E-state index in [-0.39, 0.29) is 0 Å². The van der Waals surface area contributed by atoms with E-state index in [1.807, 2.05) is 6.07 Å². The van der Waals surface area contributed by atoms with E-state index in [9.17, 15) is 0 Å². The van der Waals surface area contributed by atoms with Gasteiger partial charge in [0.15, 0.2) is 0 Å². The van der Waals surface area contributed by atoms with Crippen LogP contribution in [0.3, 0.4) is 0 Å². The van der Waals surface area contributed by atoms with Crippen molar-refractivity contribution >= 4 is 11.4 Å². The predicted octanol–water partition coefficient (Wildman–Crippen LogP) is 2.04. The molecular formula is C14H20N4. The van der Waals surface area contributed by atoms with E-state index in [1.54, 1.807) is 12.1 Å². The molecule has 3 N–H and O–H groups in total. The molecule has 0 unspecified atom stereocenters. The van der Waals surface area contributed by atoms with Crippen molar-refractivity contribution in [2.24, 2.45) is 0 Å². The van der Waals surface area contributed by atoms with Crippen molar-refractivity contribution in [1.82, 2.24) is 4.90 Å². The zero-order valence-electron chi connectivity index (χ0n) is 10.7. The van der Waals surface area contributed by atoms with Gasteiger partial charge in [0.25, 0.3) is 0 Å². The Morgan fingerprint density at radius 3 is 2.83 bits per heavy atom. The highest BCUT2D eigenvalue weighted by molar-refractivity contribution is 5.68. The maximum Gasteiger partial charge on any atom is 0.0992 e. The predicted molar refractivity (Wildman–Crippen MR) is 74.4 cm³/mol. The minimum absolute atomic E-state index is 0.645. The number of nitriles is 1. The fourth-order valence-corrected chi connectivity index (χ4v) is 2.31. The van der Waals surface area contributed by atoms with Gasteiger partial charge in [-0.2, -0.15) is 5.26 Å². The summed E-state index contributed by atoms with van der Waals surface area (Å²) in [7, 11) is 0. The molecule has 0 radical (unpaired) electrons. The molecule has 0 aliphatic carbocycles. The van der Waals surface area contributed by atoms with E-state index in [2.05, 4.69) is 16.3 Å². The molecule has 4 heteroatoms. The number of hydrogen-bond donors (Lipinski definition) is 2. The molecule has 1 aliphatic rings. The zero-order chi connectivity index (χ0) is 12.8. The molecule has 1 saturated heterocycles. The summed E-state index contributed by atoms with van der Waals surface area (Å²) >= 11 is 0. The summed E-state index contributed by atoms with van der Waals surface area (Å²) in [6, 6.07) is 7.46. The molecule has 18 heavy (non-hydrogen) atoms. The van der Waals surface area contributed by atoms with E-state index in [1.165, 1.54) is 25.9 Å². The van der Waals surface area contributed by atoms with Gasteiger partial charge >= 0.3 is 0 Å². The van der Waals surface area contributed by atoms with E-state index >= 15 is 0 Å². The van der Waals surface area contributed by atoms with Crippen LogP contribution in [0.2, 0.25) is 0 Å². The first-order valence-corrected chi connectivity index (χ1v) is 6.55. The third-order valence-corrected chi connectivity index (χ3v) is 3.35. The Labute approximate surface area is 108 Å². The molecule has 0 saturated carbocycles. The van der Waals surface area contributed by atoms with Crippen LogP contribution >= 0.6 is 0 Å².